The lowest BCUT2D eigenvalue weighted by Crippen LogP contribution is -2.43. The molecule has 1 aromatic carbocycles. The summed E-state index contributed by atoms with van der Waals surface area (Å²) in [7, 11) is 0. The van der Waals surface area contributed by atoms with Crippen LogP contribution in [0.1, 0.15) is 29.7 Å². The molecule has 1 atom stereocenters. The number of anilines is 2. The van der Waals surface area contributed by atoms with Crippen LogP contribution in [0.3, 0.4) is 0 Å². The van der Waals surface area contributed by atoms with Gasteiger partial charge in [-0.1, -0.05) is 12.1 Å². The lowest BCUT2D eigenvalue weighted by molar-refractivity contribution is -0.138. The Hall–Kier alpha value is -2.94. The van der Waals surface area contributed by atoms with Gasteiger partial charge in [0, 0.05) is 43.1 Å². The third-order valence-corrected chi connectivity index (χ3v) is 5.65. The van der Waals surface area contributed by atoms with Gasteiger partial charge in [-0.25, -0.2) is 14.4 Å². The van der Waals surface area contributed by atoms with E-state index in [0.717, 1.165) is 38.4 Å². The van der Waals surface area contributed by atoms with Gasteiger partial charge in [0.2, 0.25) is 0 Å². The summed E-state index contributed by atoms with van der Waals surface area (Å²) in [6.07, 6.45) is -1.85. The van der Waals surface area contributed by atoms with E-state index in [0.29, 0.717) is 28.0 Å². The van der Waals surface area contributed by atoms with Crippen molar-refractivity contribution in [2.75, 3.05) is 36.4 Å². The van der Waals surface area contributed by atoms with Gasteiger partial charge in [0.1, 0.15) is 11.6 Å². The number of aromatic nitrogens is 2. The molecule has 0 radical (unpaired) electrons. The third kappa shape index (κ3) is 4.27. The Kier molecular flexibility index (Phi) is 5.70. The van der Waals surface area contributed by atoms with Crippen molar-refractivity contribution in [1.82, 2.24) is 15.3 Å². The Balaban J connectivity index is 1.70. The van der Waals surface area contributed by atoms with E-state index < -0.39 is 23.6 Å². The molecule has 3 aromatic rings. The summed E-state index contributed by atoms with van der Waals surface area (Å²) in [5.74, 6) is 0.620. The standard InChI is InChI=1S/C22H23F4N5/c1-13-15(4-3-5-18(13)22(24,25)26)14(2)30-21-16-10-20(31-8-6-27-7-9-31)28-11-17(16)19(23)12-29-21/h3-5,10-12,14,27H,6-9H2,1-2H3,(H,29,30)/t14-/m1/s1. The number of rotatable bonds is 4. The number of benzene rings is 1. The smallest absolute Gasteiger partial charge is 0.363 e. The molecule has 2 N–H and O–H groups in total. The number of fused-ring (bicyclic) bond motifs is 1. The highest BCUT2D eigenvalue weighted by molar-refractivity contribution is 5.93. The average molecular weight is 433 g/mol. The van der Waals surface area contributed by atoms with Gasteiger partial charge >= 0.3 is 6.18 Å². The van der Waals surface area contributed by atoms with E-state index in [1.807, 2.05) is 0 Å². The van der Waals surface area contributed by atoms with Gasteiger partial charge < -0.3 is 15.5 Å². The van der Waals surface area contributed by atoms with E-state index in [1.54, 1.807) is 19.1 Å². The van der Waals surface area contributed by atoms with E-state index in [2.05, 4.69) is 25.5 Å². The molecule has 4 rings (SSSR count). The fourth-order valence-corrected chi connectivity index (χ4v) is 3.99. The molecule has 0 amide bonds. The van der Waals surface area contributed by atoms with E-state index in [1.165, 1.54) is 19.2 Å². The fraction of sp³-hybridized carbons (Fsp3) is 0.364. The van der Waals surface area contributed by atoms with Gasteiger partial charge in [0.25, 0.3) is 0 Å². The van der Waals surface area contributed by atoms with Crippen LogP contribution in [0.2, 0.25) is 0 Å². The van der Waals surface area contributed by atoms with Crippen LogP contribution in [0.15, 0.2) is 36.7 Å². The zero-order valence-corrected chi connectivity index (χ0v) is 17.2. The maximum atomic E-state index is 14.4. The first-order valence-corrected chi connectivity index (χ1v) is 10.1. The zero-order valence-electron chi connectivity index (χ0n) is 17.2. The van der Waals surface area contributed by atoms with Crippen LogP contribution in [0.25, 0.3) is 10.8 Å². The number of piperazine rings is 1. The first-order chi connectivity index (χ1) is 14.8. The van der Waals surface area contributed by atoms with Gasteiger partial charge in [-0.15, -0.1) is 0 Å². The summed E-state index contributed by atoms with van der Waals surface area (Å²) in [6.45, 7) is 6.45. The molecule has 1 aliphatic heterocycles. The van der Waals surface area contributed by atoms with Crippen molar-refractivity contribution in [1.29, 1.82) is 0 Å². The molecule has 1 aliphatic rings. The molecule has 31 heavy (non-hydrogen) atoms. The number of nitrogens with one attached hydrogen (secondary N) is 2. The molecule has 164 valence electrons. The zero-order chi connectivity index (χ0) is 22.2. The van der Waals surface area contributed by atoms with Crippen molar-refractivity contribution in [2.24, 2.45) is 0 Å². The van der Waals surface area contributed by atoms with Crippen molar-refractivity contribution < 1.29 is 17.6 Å². The summed E-state index contributed by atoms with van der Waals surface area (Å²) >= 11 is 0. The number of nitrogens with zero attached hydrogens (tertiary/aromatic N) is 3. The second kappa shape index (κ2) is 8.30. The molecule has 1 fully saturated rings. The van der Waals surface area contributed by atoms with Crippen molar-refractivity contribution in [2.45, 2.75) is 26.1 Å². The van der Waals surface area contributed by atoms with Crippen LogP contribution in [-0.4, -0.2) is 36.1 Å². The second-order valence-electron chi connectivity index (χ2n) is 7.66. The maximum Gasteiger partial charge on any atom is 0.416 e. The predicted molar refractivity (Wildman–Crippen MR) is 113 cm³/mol. The van der Waals surface area contributed by atoms with Gasteiger partial charge in [-0.05, 0) is 37.1 Å². The Morgan fingerprint density at radius 1 is 1.10 bits per heavy atom. The van der Waals surface area contributed by atoms with Gasteiger partial charge in [-0.3, -0.25) is 0 Å². The lowest BCUT2D eigenvalue weighted by Gasteiger charge is -2.28. The van der Waals surface area contributed by atoms with E-state index in [9.17, 15) is 17.6 Å². The Morgan fingerprint density at radius 3 is 2.55 bits per heavy atom. The number of hydrogen-bond acceptors (Lipinski definition) is 5. The summed E-state index contributed by atoms with van der Waals surface area (Å²) in [4.78, 5) is 10.7. The predicted octanol–water partition coefficient (Wildman–Crippen LogP) is 4.68. The Bertz CT molecular complexity index is 1090. The fourth-order valence-electron chi connectivity index (χ4n) is 3.99. The minimum Gasteiger partial charge on any atom is -0.363 e. The van der Waals surface area contributed by atoms with Crippen LogP contribution in [-0.2, 0) is 6.18 Å². The molecule has 9 heteroatoms. The van der Waals surface area contributed by atoms with Crippen LogP contribution in [0.4, 0.5) is 29.2 Å². The Morgan fingerprint density at radius 2 is 1.84 bits per heavy atom. The summed E-state index contributed by atoms with van der Waals surface area (Å²) in [6, 6.07) is 5.43. The quantitative estimate of drug-likeness (QED) is 0.586. The molecule has 0 saturated carbocycles. The van der Waals surface area contributed by atoms with Crippen molar-refractivity contribution in [3.05, 3.63) is 59.2 Å². The molecule has 0 unspecified atom stereocenters. The highest BCUT2D eigenvalue weighted by Crippen LogP contribution is 2.36. The molecular weight excluding hydrogens is 410 g/mol. The van der Waals surface area contributed by atoms with Crippen molar-refractivity contribution in [3.63, 3.8) is 0 Å². The lowest BCUT2D eigenvalue weighted by atomic mass is 9.97. The van der Waals surface area contributed by atoms with Crippen LogP contribution in [0.5, 0.6) is 0 Å². The van der Waals surface area contributed by atoms with Crippen LogP contribution >= 0.6 is 0 Å². The topological polar surface area (TPSA) is 53.1 Å². The van der Waals surface area contributed by atoms with E-state index in [4.69, 9.17) is 0 Å². The molecule has 2 aromatic heterocycles. The number of hydrogen-bond donors (Lipinski definition) is 2. The summed E-state index contributed by atoms with van der Waals surface area (Å²) in [5.41, 5.74) is -0.00385. The minimum atomic E-state index is -4.43. The van der Waals surface area contributed by atoms with Crippen LogP contribution < -0.4 is 15.5 Å². The monoisotopic (exact) mass is 433 g/mol. The third-order valence-electron chi connectivity index (χ3n) is 5.65. The molecular formula is C22H23F4N5. The molecule has 5 nitrogen and oxygen atoms in total. The number of halogens is 4. The SMILES string of the molecule is Cc1c([C@@H](C)Nc2ncc(F)c3cnc(N4CCNCC4)cc23)cccc1C(F)(F)F. The van der Waals surface area contributed by atoms with E-state index in [-0.39, 0.29) is 5.56 Å². The first-order valence-electron chi connectivity index (χ1n) is 10.1. The normalized spacial score (nSPS) is 15.9. The van der Waals surface area contributed by atoms with Crippen molar-refractivity contribution >= 4 is 22.4 Å². The average Bonchev–Trinajstić information content (AvgIpc) is 2.75. The maximum absolute atomic E-state index is 14.4. The number of alkyl halides is 3. The Labute approximate surface area is 177 Å². The largest absolute Gasteiger partial charge is 0.416 e. The minimum absolute atomic E-state index is 0.157. The van der Waals surface area contributed by atoms with Crippen molar-refractivity contribution in [3.8, 4) is 0 Å². The highest BCUT2D eigenvalue weighted by Gasteiger charge is 2.33. The highest BCUT2D eigenvalue weighted by atomic mass is 19.4. The molecule has 1 saturated heterocycles. The molecule has 0 spiro atoms. The number of pyridine rings is 2. The van der Waals surface area contributed by atoms with Crippen LogP contribution in [0, 0.1) is 12.7 Å². The molecule has 0 bridgehead atoms. The van der Waals surface area contributed by atoms with E-state index >= 15 is 0 Å². The second-order valence-corrected chi connectivity index (χ2v) is 7.66. The van der Waals surface area contributed by atoms with Gasteiger partial charge in [-0.2, -0.15) is 13.2 Å². The summed E-state index contributed by atoms with van der Waals surface area (Å²) in [5, 5.41) is 7.30. The first kappa shape index (κ1) is 21.3. The molecule has 0 aliphatic carbocycles. The summed E-state index contributed by atoms with van der Waals surface area (Å²) < 4.78 is 54.3. The molecule has 3 heterocycles. The van der Waals surface area contributed by atoms with Gasteiger partial charge in [0.15, 0.2) is 5.82 Å². The van der Waals surface area contributed by atoms with Gasteiger partial charge in [0.05, 0.1) is 17.8 Å².